The summed E-state index contributed by atoms with van der Waals surface area (Å²) in [5, 5.41) is 0. The Hall–Kier alpha value is 0.367. The fraction of sp³-hybridized carbons (Fsp3) is 1.00. The summed E-state index contributed by atoms with van der Waals surface area (Å²) in [5.74, 6) is 0. The van der Waals surface area contributed by atoms with E-state index in [4.69, 9.17) is 0 Å². The lowest BCUT2D eigenvalue weighted by Gasteiger charge is -2.05. The van der Waals surface area contributed by atoms with Gasteiger partial charge in [-0.15, -0.1) is 0 Å². The van der Waals surface area contributed by atoms with Crippen LogP contribution in [0.25, 0.3) is 0 Å². The van der Waals surface area contributed by atoms with Gasteiger partial charge < -0.3 is 9.05 Å². The molecule has 0 saturated carbocycles. The topological polar surface area (TPSA) is 35.5 Å². The van der Waals surface area contributed by atoms with Crippen LogP contribution in [0.4, 0.5) is 0 Å². The van der Waals surface area contributed by atoms with Gasteiger partial charge in [0.1, 0.15) is 9.91 Å². The summed E-state index contributed by atoms with van der Waals surface area (Å²) in [6.45, 7) is 0. The smallest absolute Gasteiger partial charge is 0.285 e. The molecule has 0 amide bonds. The Morgan fingerprint density at radius 3 is 1.71 bits per heavy atom. The van der Waals surface area contributed by atoms with E-state index in [-0.39, 0.29) is 0 Å². The van der Waals surface area contributed by atoms with Crippen LogP contribution in [-0.4, -0.2) is 24.1 Å². The van der Waals surface area contributed by atoms with Crippen molar-refractivity contribution >= 4 is 17.1 Å². The first-order chi connectivity index (χ1) is 3.12. The molecule has 0 N–H and O–H groups in total. The van der Waals surface area contributed by atoms with Crippen molar-refractivity contribution in [2.24, 2.45) is 0 Å². The Morgan fingerprint density at radius 2 is 1.71 bits per heavy atom. The van der Waals surface area contributed by atoms with E-state index >= 15 is 0 Å². The molecule has 0 fully saturated rings. The van der Waals surface area contributed by atoms with E-state index < -0.39 is 7.14 Å². The van der Waals surface area contributed by atoms with E-state index in [1.165, 1.54) is 14.2 Å². The standard InChI is InChI=1S/C2H9O3PSi/c1-4-6(3,7)5-2/h1-2,7H3. The Bertz CT molecular complexity index is 84.9. The molecular weight excluding hydrogens is 131 g/mol. The van der Waals surface area contributed by atoms with Gasteiger partial charge in [-0.2, -0.15) is 0 Å². The average Bonchev–Trinajstić information content (AvgIpc) is 1.68. The predicted octanol–water partition coefficient (Wildman–Crippen LogP) is -0.247. The summed E-state index contributed by atoms with van der Waals surface area (Å²) in [6, 6.07) is 0. The summed E-state index contributed by atoms with van der Waals surface area (Å²) in [6.07, 6.45) is 0. The van der Waals surface area contributed by atoms with E-state index in [1.807, 2.05) is 0 Å². The van der Waals surface area contributed by atoms with Crippen molar-refractivity contribution in [2.45, 2.75) is 0 Å². The summed E-state index contributed by atoms with van der Waals surface area (Å²) in [4.78, 5) is 0. The lowest BCUT2D eigenvalue weighted by atomic mass is 11.8. The molecule has 0 aliphatic carbocycles. The quantitative estimate of drug-likeness (QED) is 0.392. The molecule has 0 rings (SSSR count). The van der Waals surface area contributed by atoms with Gasteiger partial charge in [0.05, 0.1) is 0 Å². The molecule has 0 atom stereocenters. The first kappa shape index (κ1) is 7.37. The minimum atomic E-state index is -2.52. The molecule has 0 heterocycles. The zero-order valence-corrected chi connectivity index (χ0v) is 7.57. The SMILES string of the molecule is COP(=O)([SiH3])OC. The molecule has 0 aromatic carbocycles. The van der Waals surface area contributed by atoms with Crippen molar-refractivity contribution in [1.29, 1.82) is 0 Å². The average molecular weight is 140 g/mol. The van der Waals surface area contributed by atoms with Crippen LogP contribution in [0, 0.1) is 0 Å². The molecule has 0 aliphatic heterocycles. The van der Waals surface area contributed by atoms with Crippen molar-refractivity contribution in [3.63, 3.8) is 0 Å². The minimum absolute atomic E-state index is 0.461. The Labute approximate surface area is 45.8 Å². The second-order valence-electron chi connectivity index (χ2n) is 1.14. The summed E-state index contributed by atoms with van der Waals surface area (Å²) >= 11 is 0. The van der Waals surface area contributed by atoms with Crippen LogP contribution in [0.5, 0.6) is 0 Å². The molecule has 44 valence electrons. The third-order valence-corrected chi connectivity index (χ3v) is 4.18. The molecule has 0 aliphatic rings. The van der Waals surface area contributed by atoms with E-state index in [0.717, 1.165) is 0 Å². The van der Waals surface area contributed by atoms with Crippen molar-refractivity contribution in [3.8, 4) is 0 Å². The first-order valence-corrected chi connectivity index (χ1v) is 6.48. The van der Waals surface area contributed by atoms with Gasteiger partial charge in [-0.3, -0.25) is 4.57 Å². The van der Waals surface area contributed by atoms with Crippen LogP contribution < -0.4 is 0 Å². The maximum atomic E-state index is 10.6. The van der Waals surface area contributed by atoms with Crippen LogP contribution in [-0.2, 0) is 13.6 Å². The Morgan fingerprint density at radius 1 is 1.43 bits per heavy atom. The normalized spacial score (nSPS) is 12.3. The van der Waals surface area contributed by atoms with Crippen LogP contribution in [0.15, 0.2) is 0 Å². The van der Waals surface area contributed by atoms with Gasteiger partial charge in [-0.1, -0.05) is 0 Å². The largest absolute Gasteiger partial charge is 0.317 e. The molecular formula is C2H9O3PSi. The zero-order chi connectivity index (χ0) is 5.91. The van der Waals surface area contributed by atoms with Crippen LogP contribution >= 0.6 is 7.14 Å². The van der Waals surface area contributed by atoms with Crippen molar-refractivity contribution < 1.29 is 13.6 Å². The maximum absolute atomic E-state index is 10.6. The lowest BCUT2D eigenvalue weighted by molar-refractivity contribution is 0.293. The maximum Gasteiger partial charge on any atom is 0.285 e. The molecule has 7 heavy (non-hydrogen) atoms. The lowest BCUT2D eigenvalue weighted by Crippen LogP contribution is -1.84. The van der Waals surface area contributed by atoms with Gasteiger partial charge in [0.15, 0.2) is 0 Å². The van der Waals surface area contributed by atoms with Gasteiger partial charge in [0.25, 0.3) is 7.14 Å². The molecule has 0 saturated heterocycles. The zero-order valence-electron chi connectivity index (χ0n) is 4.67. The summed E-state index contributed by atoms with van der Waals surface area (Å²) < 4.78 is 19.5. The van der Waals surface area contributed by atoms with Crippen LogP contribution in [0.3, 0.4) is 0 Å². The monoisotopic (exact) mass is 140 g/mol. The summed E-state index contributed by atoms with van der Waals surface area (Å²) in [5.41, 5.74) is 0. The highest BCUT2D eigenvalue weighted by Gasteiger charge is 2.08. The third-order valence-electron chi connectivity index (χ3n) is 0.663. The fourth-order valence-electron chi connectivity index (χ4n) is 0.0745. The molecule has 0 bridgehead atoms. The Kier molecular flexibility index (Phi) is 2.76. The highest BCUT2D eigenvalue weighted by Crippen LogP contribution is 2.39. The van der Waals surface area contributed by atoms with E-state index in [9.17, 15) is 4.57 Å². The van der Waals surface area contributed by atoms with Crippen molar-refractivity contribution in [3.05, 3.63) is 0 Å². The molecule has 0 spiro atoms. The first-order valence-electron chi connectivity index (χ1n) is 1.81. The number of hydrogen-bond donors (Lipinski definition) is 0. The molecule has 3 nitrogen and oxygen atoms in total. The second kappa shape index (κ2) is 2.62. The highest BCUT2D eigenvalue weighted by atomic mass is 31.4. The van der Waals surface area contributed by atoms with Crippen molar-refractivity contribution in [2.75, 3.05) is 14.2 Å². The van der Waals surface area contributed by atoms with Gasteiger partial charge in [0, 0.05) is 14.2 Å². The van der Waals surface area contributed by atoms with Crippen LogP contribution in [0.2, 0.25) is 0 Å². The van der Waals surface area contributed by atoms with E-state index in [2.05, 4.69) is 9.05 Å². The minimum Gasteiger partial charge on any atom is -0.317 e. The van der Waals surface area contributed by atoms with Gasteiger partial charge in [-0.25, -0.2) is 0 Å². The van der Waals surface area contributed by atoms with E-state index in [0.29, 0.717) is 9.91 Å². The molecule has 0 aromatic heterocycles. The predicted molar refractivity (Wildman–Crippen MR) is 31.6 cm³/mol. The van der Waals surface area contributed by atoms with Gasteiger partial charge in [0.2, 0.25) is 0 Å². The molecule has 0 radical (unpaired) electrons. The molecule has 5 heteroatoms. The van der Waals surface area contributed by atoms with Gasteiger partial charge in [-0.05, 0) is 0 Å². The number of rotatable bonds is 2. The fourth-order valence-corrected chi connectivity index (χ4v) is 0.224. The second-order valence-corrected chi connectivity index (χ2v) is 6.70. The Balaban J connectivity index is 3.61. The van der Waals surface area contributed by atoms with Crippen LogP contribution in [0.1, 0.15) is 0 Å². The molecule has 0 aromatic rings. The summed E-state index contributed by atoms with van der Waals surface area (Å²) in [7, 11) is 0.718. The van der Waals surface area contributed by atoms with Crippen molar-refractivity contribution in [1.82, 2.24) is 0 Å². The number of hydrogen-bond acceptors (Lipinski definition) is 3. The highest BCUT2D eigenvalue weighted by molar-refractivity contribution is 7.79. The van der Waals surface area contributed by atoms with E-state index in [1.54, 1.807) is 0 Å². The van der Waals surface area contributed by atoms with Gasteiger partial charge >= 0.3 is 0 Å². The third kappa shape index (κ3) is 3.00. The molecule has 0 unspecified atom stereocenters.